The molecule has 3 N–H and O–H groups in total. The number of aryl methyl sites for hydroxylation is 1. The van der Waals surface area contributed by atoms with Crippen LogP contribution in [0.5, 0.6) is 11.5 Å². The molecule has 1 heterocycles. The van der Waals surface area contributed by atoms with Crippen LogP contribution in [-0.4, -0.2) is 10.9 Å². The minimum absolute atomic E-state index is 0.0130. The van der Waals surface area contributed by atoms with Gasteiger partial charge in [-0.2, -0.15) is 0 Å². The summed E-state index contributed by atoms with van der Waals surface area (Å²) in [6, 6.07) is 16.2. The Morgan fingerprint density at radius 3 is 2.60 bits per heavy atom. The molecule has 5 nitrogen and oxygen atoms in total. The van der Waals surface area contributed by atoms with Crippen LogP contribution in [0, 0.1) is 12.7 Å². The summed E-state index contributed by atoms with van der Waals surface area (Å²) in [5.74, 6) is -0.308. The zero-order valence-corrected chi connectivity index (χ0v) is 13.5. The molecule has 0 spiro atoms. The molecule has 0 saturated heterocycles. The third-order valence-corrected chi connectivity index (χ3v) is 3.47. The van der Waals surface area contributed by atoms with Gasteiger partial charge in [-0.15, -0.1) is 0 Å². The number of ether oxygens (including phenoxy) is 1. The highest BCUT2D eigenvalue weighted by Gasteiger charge is 2.13. The number of hydrogen-bond donors (Lipinski definition) is 2. The van der Waals surface area contributed by atoms with E-state index in [0.717, 1.165) is 5.69 Å². The number of para-hydroxylation sites is 1. The summed E-state index contributed by atoms with van der Waals surface area (Å²) in [6.07, 6.45) is 0. The minimum Gasteiger partial charge on any atom is -0.454 e. The van der Waals surface area contributed by atoms with Gasteiger partial charge in [-0.25, -0.2) is 9.37 Å². The van der Waals surface area contributed by atoms with Crippen LogP contribution in [0.4, 0.5) is 15.9 Å². The summed E-state index contributed by atoms with van der Waals surface area (Å²) in [5, 5.41) is 2.67. The molecule has 6 heteroatoms. The van der Waals surface area contributed by atoms with Crippen molar-refractivity contribution in [1.82, 2.24) is 4.98 Å². The highest BCUT2D eigenvalue weighted by Crippen LogP contribution is 2.27. The molecule has 2 aromatic carbocycles. The van der Waals surface area contributed by atoms with E-state index in [1.54, 1.807) is 43.3 Å². The van der Waals surface area contributed by atoms with Crippen molar-refractivity contribution in [3.8, 4) is 11.5 Å². The number of hydrogen-bond acceptors (Lipinski definition) is 4. The average molecular weight is 337 g/mol. The first-order chi connectivity index (χ1) is 12.0. The second-order valence-electron chi connectivity index (χ2n) is 5.40. The van der Waals surface area contributed by atoms with Gasteiger partial charge in [-0.1, -0.05) is 18.2 Å². The van der Waals surface area contributed by atoms with Gasteiger partial charge in [-0.3, -0.25) is 4.79 Å². The second kappa shape index (κ2) is 7.00. The Hall–Kier alpha value is -3.41. The third kappa shape index (κ3) is 3.92. The van der Waals surface area contributed by atoms with Gasteiger partial charge in [0.15, 0.2) is 11.6 Å². The summed E-state index contributed by atoms with van der Waals surface area (Å²) < 4.78 is 19.5. The zero-order valence-electron chi connectivity index (χ0n) is 13.5. The van der Waals surface area contributed by atoms with Gasteiger partial charge in [-0.05, 0) is 43.3 Å². The molecule has 0 fully saturated rings. The van der Waals surface area contributed by atoms with Gasteiger partial charge < -0.3 is 15.8 Å². The Balaban J connectivity index is 1.81. The van der Waals surface area contributed by atoms with Crippen molar-refractivity contribution in [2.45, 2.75) is 6.92 Å². The Bertz CT molecular complexity index is 914. The number of anilines is 2. The summed E-state index contributed by atoms with van der Waals surface area (Å²) in [4.78, 5) is 16.4. The van der Waals surface area contributed by atoms with Crippen LogP contribution >= 0.6 is 0 Å². The van der Waals surface area contributed by atoms with Crippen LogP contribution in [0.25, 0.3) is 0 Å². The number of nitrogen functional groups attached to an aromatic ring is 1. The summed E-state index contributed by atoms with van der Waals surface area (Å²) in [7, 11) is 0. The number of carbonyl (C=O) groups is 1. The molecule has 0 atom stereocenters. The maximum Gasteiger partial charge on any atom is 0.259 e. The molecule has 0 aliphatic rings. The number of benzene rings is 2. The van der Waals surface area contributed by atoms with Crippen molar-refractivity contribution < 1.29 is 13.9 Å². The molecule has 0 radical (unpaired) electrons. The van der Waals surface area contributed by atoms with E-state index < -0.39 is 11.7 Å². The highest BCUT2D eigenvalue weighted by atomic mass is 19.1. The maximum absolute atomic E-state index is 14.0. The number of halogens is 1. The van der Waals surface area contributed by atoms with Gasteiger partial charge in [0, 0.05) is 17.4 Å². The standard InChI is InChI=1S/C19H16FN3O2/c1-12-7-9-15(18(21)22-12)19(24)23-13-8-10-16(20)17(11-13)25-14-5-3-2-4-6-14/h2-11H,1H3,(H2,21,22)(H,23,24). The number of nitrogens with zero attached hydrogens (tertiary/aromatic N) is 1. The number of nitrogens with two attached hydrogens (primary N) is 1. The van der Waals surface area contributed by atoms with E-state index in [1.807, 2.05) is 6.07 Å². The Morgan fingerprint density at radius 2 is 1.88 bits per heavy atom. The van der Waals surface area contributed by atoms with Crippen LogP contribution in [0.1, 0.15) is 16.1 Å². The van der Waals surface area contributed by atoms with Crippen molar-refractivity contribution in [3.05, 3.63) is 77.7 Å². The van der Waals surface area contributed by atoms with E-state index >= 15 is 0 Å². The zero-order chi connectivity index (χ0) is 17.8. The molecule has 25 heavy (non-hydrogen) atoms. The molecule has 0 saturated carbocycles. The number of aromatic nitrogens is 1. The molecule has 3 rings (SSSR count). The van der Waals surface area contributed by atoms with Crippen LogP contribution < -0.4 is 15.8 Å². The molecule has 0 aliphatic heterocycles. The summed E-state index contributed by atoms with van der Waals surface area (Å²) >= 11 is 0. The Labute approximate surface area is 144 Å². The predicted molar refractivity (Wildman–Crippen MR) is 94.3 cm³/mol. The van der Waals surface area contributed by atoms with Gasteiger partial charge >= 0.3 is 0 Å². The fourth-order valence-electron chi connectivity index (χ4n) is 2.24. The first-order valence-electron chi connectivity index (χ1n) is 7.60. The first kappa shape index (κ1) is 16.4. The monoisotopic (exact) mass is 337 g/mol. The van der Waals surface area contributed by atoms with Crippen molar-refractivity contribution in [2.24, 2.45) is 0 Å². The topological polar surface area (TPSA) is 77.2 Å². The van der Waals surface area contributed by atoms with E-state index in [0.29, 0.717) is 11.4 Å². The quantitative estimate of drug-likeness (QED) is 0.749. The third-order valence-electron chi connectivity index (χ3n) is 3.47. The van der Waals surface area contributed by atoms with Crippen LogP contribution in [-0.2, 0) is 0 Å². The number of pyridine rings is 1. The molecule has 0 aliphatic carbocycles. The number of amides is 1. The molecule has 0 bridgehead atoms. The predicted octanol–water partition coefficient (Wildman–Crippen LogP) is 4.16. The number of carbonyl (C=O) groups excluding carboxylic acids is 1. The molecule has 1 aromatic heterocycles. The Kier molecular flexibility index (Phi) is 4.61. The SMILES string of the molecule is Cc1ccc(C(=O)Nc2ccc(F)c(Oc3ccccc3)c2)c(N)n1. The highest BCUT2D eigenvalue weighted by molar-refractivity contribution is 6.07. The van der Waals surface area contributed by atoms with Crippen molar-refractivity contribution in [2.75, 3.05) is 11.1 Å². The first-order valence-corrected chi connectivity index (χ1v) is 7.60. The van der Waals surface area contributed by atoms with E-state index in [9.17, 15) is 9.18 Å². The molecule has 3 aromatic rings. The lowest BCUT2D eigenvalue weighted by molar-refractivity contribution is 0.102. The summed E-state index contributed by atoms with van der Waals surface area (Å²) in [5.41, 5.74) is 7.13. The molecule has 0 unspecified atom stereocenters. The smallest absolute Gasteiger partial charge is 0.259 e. The van der Waals surface area contributed by atoms with Crippen molar-refractivity contribution in [3.63, 3.8) is 0 Å². The minimum atomic E-state index is -0.529. The van der Waals surface area contributed by atoms with Crippen LogP contribution in [0.2, 0.25) is 0 Å². The van der Waals surface area contributed by atoms with E-state index in [4.69, 9.17) is 10.5 Å². The number of nitrogens with one attached hydrogen (secondary N) is 1. The van der Waals surface area contributed by atoms with E-state index in [-0.39, 0.29) is 17.1 Å². The normalized spacial score (nSPS) is 10.3. The molecular weight excluding hydrogens is 321 g/mol. The van der Waals surface area contributed by atoms with Crippen LogP contribution in [0.3, 0.4) is 0 Å². The van der Waals surface area contributed by atoms with Gasteiger partial charge in [0.05, 0.1) is 5.56 Å². The van der Waals surface area contributed by atoms with E-state index in [2.05, 4.69) is 10.3 Å². The van der Waals surface area contributed by atoms with Crippen LogP contribution in [0.15, 0.2) is 60.7 Å². The fourth-order valence-corrected chi connectivity index (χ4v) is 2.24. The molecule has 126 valence electrons. The maximum atomic E-state index is 14.0. The lowest BCUT2D eigenvalue weighted by Crippen LogP contribution is -2.15. The van der Waals surface area contributed by atoms with Gasteiger partial charge in [0.25, 0.3) is 5.91 Å². The van der Waals surface area contributed by atoms with E-state index in [1.165, 1.54) is 18.2 Å². The Morgan fingerprint density at radius 1 is 1.12 bits per heavy atom. The second-order valence-corrected chi connectivity index (χ2v) is 5.40. The average Bonchev–Trinajstić information content (AvgIpc) is 2.58. The lowest BCUT2D eigenvalue weighted by atomic mass is 10.2. The van der Waals surface area contributed by atoms with Gasteiger partial charge in [0.2, 0.25) is 0 Å². The van der Waals surface area contributed by atoms with Gasteiger partial charge in [0.1, 0.15) is 11.6 Å². The largest absolute Gasteiger partial charge is 0.454 e. The van der Waals surface area contributed by atoms with Crippen molar-refractivity contribution >= 4 is 17.4 Å². The van der Waals surface area contributed by atoms with Crippen molar-refractivity contribution in [1.29, 1.82) is 0 Å². The fraction of sp³-hybridized carbons (Fsp3) is 0.0526. The number of rotatable bonds is 4. The lowest BCUT2D eigenvalue weighted by Gasteiger charge is -2.11. The molecule has 1 amide bonds. The summed E-state index contributed by atoms with van der Waals surface area (Å²) in [6.45, 7) is 1.78. The molecular formula is C19H16FN3O2.